The first kappa shape index (κ1) is 29.9. The maximum absolute atomic E-state index is 12.7. The predicted molar refractivity (Wildman–Crippen MR) is 144 cm³/mol. The third-order valence-electron chi connectivity index (χ3n) is 5.89. The molecule has 2 amide bonds. The number of pyridine rings is 1. The van der Waals surface area contributed by atoms with E-state index >= 15 is 0 Å². The molecule has 1 aliphatic heterocycles. The number of amides is 2. The fourth-order valence-corrected chi connectivity index (χ4v) is 3.53. The van der Waals surface area contributed by atoms with Crippen LogP contribution >= 0.6 is 0 Å². The monoisotopic (exact) mass is 542 g/mol. The standard InChI is InChI=1S/C28H38N4O7/c1-28(2,3)11-10-23(27(35)36-4)32-26(34)19-8-9-25(31-15-19)39-21-7-5-6-20(14-21)38-18-24(33)30-12-13-37-22-16-29-17-22/h5-9,14-15,22-23,29H,10-13,16-18H2,1-4H3,(H,30,33)(H,32,34)/t23-/m0/s1. The average molecular weight is 543 g/mol. The highest BCUT2D eigenvalue weighted by Gasteiger charge is 2.24. The topological polar surface area (TPSA) is 137 Å². The van der Waals surface area contributed by atoms with E-state index in [2.05, 4.69) is 41.7 Å². The molecule has 39 heavy (non-hydrogen) atoms. The molecule has 1 fully saturated rings. The van der Waals surface area contributed by atoms with Gasteiger partial charge in [0.25, 0.3) is 11.8 Å². The molecule has 0 unspecified atom stereocenters. The van der Waals surface area contributed by atoms with Gasteiger partial charge in [-0.05, 0) is 36.5 Å². The molecule has 11 nitrogen and oxygen atoms in total. The lowest BCUT2D eigenvalue weighted by Crippen LogP contribution is -2.49. The van der Waals surface area contributed by atoms with Crippen LogP contribution in [0.1, 0.15) is 44.0 Å². The zero-order chi connectivity index (χ0) is 28.3. The Hall–Kier alpha value is -3.70. The number of methoxy groups -OCH3 is 1. The van der Waals surface area contributed by atoms with Gasteiger partial charge in [0.05, 0.1) is 25.4 Å². The molecule has 3 rings (SSSR count). The summed E-state index contributed by atoms with van der Waals surface area (Å²) in [4.78, 5) is 41.1. The Morgan fingerprint density at radius 2 is 1.90 bits per heavy atom. The summed E-state index contributed by atoms with van der Waals surface area (Å²) in [6.07, 6.45) is 2.80. The second-order valence-corrected chi connectivity index (χ2v) is 10.4. The zero-order valence-corrected chi connectivity index (χ0v) is 23.0. The van der Waals surface area contributed by atoms with Crippen molar-refractivity contribution in [3.63, 3.8) is 0 Å². The number of nitrogens with zero attached hydrogens (tertiary/aromatic N) is 1. The van der Waals surface area contributed by atoms with Crippen molar-refractivity contribution in [2.75, 3.05) is 40.0 Å². The first-order chi connectivity index (χ1) is 18.6. The van der Waals surface area contributed by atoms with Crippen LogP contribution in [0, 0.1) is 5.41 Å². The molecule has 2 aromatic rings. The molecule has 1 aliphatic rings. The maximum Gasteiger partial charge on any atom is 0.328 e. The molecular formula is C28H38N4O7. The minimum absolute atomic E-state index is 0.00855. The van der Waals surface area contributed by atoms with Gasteiger partial charge in [-0.25, -0.2) is 9.78 Å². The first-order valence-electron chi connectivity index (χ1n) is 13.0. The van der Waals surface area contributed by atoms with Crippen molar-refractivity contribution in [3.8, 4) is 17.4 Å². The third-order valence-corrected chi connectivity index (χ3v) is 5.89. The van der Waals surface area contributed by atoms with Crippen LogP contribution < -0.4 is 25.4 Å². The summed E-state index contributed by atoms with van der Waals surface area (Å²) >= 11 is 0. The maximum atomic E-state index is 12.7. The molecular weight excluding hydrogens is 504 g/mol. The lowest BCUT2D eigenvalue weighted by atomic mass is 9.88. The number of rotatable bonds is 14. The van der Waals surface area contributed by atoms with Crippen molar-refractivity contribution in [2.24, 2.45) is 5.41 Å². The number of nitrogens with one attached hydrogen (secondary N) is 3. The Morgan fingerprint density at radius 1 is 1.13 bits per heavy atom. The number of aromatic nitrogens is 1. The Labute approximate surface area is 228 Å². The van der Waals surface area contributed by atoms with Gasteiger partial charge in [-0.15, -0.1) is 0 Å². The number of hydrogen-bond acceptors (Lipinski definition) is 9. The van der Waals surface area contributed by atoms with Crippen molar-refractivity contribution < 1.29 is 33.3 Å². The summed E-state index contributed by atoms with van der Waals surface area (Å²) in [5, 5.41) is 8.60. The minimum atomic E-state index is -0.749. The third kappa shape index (κ3) is 10.5. The molecule has 1 aromatic carbocycles. The van der Waals surface area contributed by atoms with E-state index in [-0.39, 0.29) is 35.5 Å². The second-order valence-electron chi connectivity index (χ2n) is 10.4. The number of carbonyl (C=O) groups is 3. The number of esters is 1. The van der Waals surface area contributed by atoms with Gasteiger partial charge in [-0.3, -0.25) is 9.59 Å². The van der Waals surface area contributed by atoms with Crippen LogP contribution in [0.3, 0.4) is 0 Å². The van der Waals surface area contributed by atoms with E-state index < -0.39 is 17.9 Å². The van der Waals surface area contributed by atoms with E-state index in [9.17, 15) is 14.4 Å². The fourth-order valence-electron chi connectivity index (χ4n) is 3.53. The fraction of sp³-hybridized carbons (Fsp3) is 0.500. The van der Waals surface area contributed by atoms with Gasteiger partial charge >= 0.3 is 5.97 Å². The summed E-state index contributed by atoms with van der Waals surface area (Å²) in [5.41, 5.74) is 0.291. The Bertz CT molecular complexity index is 1100. The van der Waals surface area contributed by atoms with Crippen molar-refractivity contribution in [1.29, 1.82) is 0 Å². The molecule has 1 aromatic heterocycles. The van der Waals surface area contributed by atoms with E-state index in [0.29, 0.717) is 31.1 Å². The molecule has 0 spiro atoms. The van der Waals surface area contributed by atoms with E-state index in [1.54, 1.807) is 36.4 Å². The number of hydrogen-bond donors (Lipinski definition) is 3. The van der Waals surface area contributed by atoms with Crippen LogP contribution in [-0.4, -0.2) is 74.9 Å². The molecule has 0 aliphatic carbocycles. The van der Waals surface area contributed by atoms with Gasteiger partial charge in [-0.1, -0.05) is 26.8 Å². The highest BCUT2D eigenvalue weighted by Crippen LogP contribution is 2.25. The van der Waals surface area contributed by atoms with Crippen molar-refractivity contribution >= 4 is 17.8 Å². The van der Waals surface area contributed by atoms with Crippen molar-refractivity contribution in [1.82, 2.24) is 20.9 Å². The average Bonchev–Trinajstić information content (AvgIpc) is 2.88. The van der Waals surface area contributed by atoms with Crippen LogP contribution in [0.2, 0.25) is 0 Å². The SMILES string of the molecule is COC(=O)[C@H](CCC(C)(C)C)NC(=O)c1ccc(Oc2cccc(OCC(=O)NCCOC3CNC3)c2)nc1. The second kappa shape index (κ2) is 14.5. The quantitative estimate of drug-likeness (QED) is 0.243. The lowest BCUT2D eigenvalue weighted by Gasteiger charge is -2.27. The molecule has 1 atom stereocenters. The summed E-state index contributed by atoms with van der Waals surface area (Å²) in [7, 11) is 1.30. The largest absolute Gasteiger partial charge is 0.484 e. The molecule has 3 N–H and O–H groups in total. The predicted octanol–water partition coefficient (Wildman–Crippen LogP) is 2.46. The van der Waals surface area contributed by atoms with Crippen LogP contribution in [0.25, 0.3) is 0 Å². The smallest absolute Gasteiger partial charge is 0.328 e. The summed E-state index contributed by atoms with van der Waals surface area (Å²) < 4.78 is 21.7. The highest BCUT2D eigenvalue weighted by atomic mass is 16.5. The van der Waals surface area contributed by atoms with Gasteiger partial charge < -0.3 is 34.9 Å². The van der Waals surface area contributed by atoms with Crippen LogP contribution in [0.5, 0.6) is 17.4 Å². The highest BCUT2D eigenvalue weighted by molar-refractivity contribution is 5.96. The molecule has 212 valence electrons. The van der Waals surface area contributed by atoms with Crippen LogP contribution in [0.15, 0.2) is 42.6 Å². The molecule has 0 bridgehead atoms. The summed E-state index contributed by atoms with van der Waals surface area (Å²) in [6, 6.07) is 9.17. The van der Waals surface area contributed by atoms with Gasteiger partial charge in [0.15, 0.2) is 6.61 Å². The molecule has 11 heteroatoms. The lowest BCUT2D eigenvalue weighted by molar-refractivity contribution is -0.143. The number of benzene rings is 1. The van der Waals surface area contributed by atoms with E-state index in [1.165, 1.54) is 13.3 Å². The van der Waals surface area contributed by atoms with Gasteiger partial charge in [0.1, 0.15) is 17.5 Å². The van der Waals surface area contributed by atoms with E-state index in [4.69, 9.17) is 18.9 Å². The molecule has 1 saturated heterocycles. The minimum Gasteiger partial charge on any atom is -0.484 e. The van der Waals surface area contributed by atoms with Gasteiger partial charge in [0, 0.05) is 38.0 Å². The number of carbonyl (C=O) groups excluding carboxylic acids is 3. The summed E-state index contributed by atoms with van der Waals surface area (Å²) in [5.74, 6) is 0.00228. The van der Waals surface area contributed by atoms with E-state index in [0.717, 1.165) is 19.5 Å². The van der Waals surface area contributed by atoms with Gasteiger partial charge in [0.2, 0.25) is 5.88 Å². The zero-order valence-electron chi connectivity index (χ0n) is 23.0. The normalized spacial score (nSPS) is 14.1. The summed E-state index contributed by atoms with van der Waals surface area (Å²) in [6.45, 7) is 8.63. The number of ether oxygens (including phenoxy) is 4. The molecule has 0 radical (unpaired) electrons. The van der Waals surface area contributed by atoms with E-state index in [1.807, 2.05) is 0 Å². The van der Waals surface area contributed by atoms with Crippen molar-refractivity contribution in [2.45, 2.75) is 45.8 Å². The molecule has 2 heterocycles. The first-order valence-corrected chi connectivity index (χ1v) is 13.0. The van der Waals surface area contributed by atoms with Crippen molar-refractivity contribution in [3.05, 3.63) is 48.2 Å². The van der Waals surface area contributed by atoms with Crippen LogP contribution in [0.4, 0.5) is 0 Å². The Kier molecular flexibility index (Phi) is 11.1. The van der Waals surface area contributed by atoms with Crippen LogP contribution in [-0.2, 0) is 19.1 Å². The Balaban J connectivity index is 1.47. The Morgan fingerprint density at radius 3 is 2.54 bits per heavy atom. The van der Waals surface area contributed by atoms with Gasteiger partial charge in [-0.2, -0.15) is 0 Å². The molecule has 0 saturated carbocycles.